The minimum atomic E-state index is -0.987. The minimum absolute atomic E-state index is 0.208. The third kappa shape index (κ3) is 4.85. The molecule has 1 aliphatic heterocycles. The van der Waals surface area contributed by atoms with Crippen LogP contribution in [0.25, 0.3) is 0 Å². The number of hydrogen-bond donors (Lipinski definition) is 1. The molecule has 0 radical (unpaired) electrons. The van der Waals surface area contributed by atoms with Gasteiger partial charge in [0.1, 0.15) is 17.1 Å². The third-order valence-corrected chi connectivity index (χ3v) is 7.66. The Morgan fingerprint density at radius 1 is 1.06 bits per heavy atom. The summed E-state index contributed by atoms with van der Waals surface area (Å²) in [5.74, 6) is -0.540. The highest BCUT2D eigenvalue weighted by Crippen LogP contribution is 2.53. The van der Waals surface area contributed by atoms with Crippen molar-refractivity contribution >= 4 is 29.2 Å². The SMILES string of the molecule is CC(C)(C)OC(=O)[C@@H]1N[C@@H](C2CCCCC2)[C@](C#N)(c2ccc(Cl)cc2)C1c1cccc(Cl)c1. The molecule has 1 unspecified atom stereocenters. The first kappa shape index (κ1) is 25.0. The van der Waals surface area contributed by atoms with Crippen molar-refractivity contribution in [3.63, 3.8) is 0 Å². The first-order chi connectivity index (χ1) is 16.2. The highest BCUT2D eigenvalue weighted by Gasteiger charge is 2.61. The maximum atomic E-state index is 13.6. The van der Waals surface area contributed by atoms with E-state index in [4.69, 9.17) is 27.9 Å². The number of carbonyl (C=O) groups is 1. The summed E-state index contributed by atoms with van der Waals surface area (Å²) < 4.78 is 5.87. The van der Waals surface area contributed by atoms with Crippen LogP contribution in [-0.4, -0.2) is 23.7 Å². The highest BCUT2D eigenvalue weighted by atomic mass is 35.5. The lowest BCUT2D eigenvalue weighted by atomic mass is 9.61. The van der Waals surface area contributed by atoms with Crippen LogP contribution in [0.5, 0.6) is 0 Å². The molecule has 180 valence electrons. The molecular weight excluding hydrogens is 467 g/mol. The molecule has 1 heterocycles. The van der Waals surface area contributed by atoms with Gasteiger partial charge in [0.15, 0.2) is 0 Å². The summed E-state index contributed by atoms with van der Waals surface area (Å²) >= 11 is 12.6. The molecule has 2 aromatic carbocycles. The van der Waals surface area contributed by atoms with Crippen LogP contribution < -0.4 is 5.32 Å². The smallest absolute Gasteiger partial charge is 0.324 e. The van der Waals surface area contributed by atoms with E-state index in [0.29, 0.717) is 10.0 Å². The van der Waals surface area contributed by atoms with E-state index >= 15 is 0 Å². The van der Waals surface area contributed by atoms with Crippen molar-refractivity contribution in [3.05, 3.63) is 69.7 Å². The minimum Gasteiger partial charge on any atom is -0.459 e. The lowest BCUT2D eigenvalue weighted by molar-refractivity contribution is -0.157. The van der Waals surface area contributed by atoms with Gasteiger partial charge in [0.25, 0.3) is 0 Å². The summed E-state index contributed by atoms with van der Waals surface area (Å²) in [6.45, 7) is 5.59. The number of esters is 1. The van der Waals surface area contributed by atoms with Gasteiger partial charge < -0.3 is 4.74 Å². The second kappa shape index (κ2) is 9.90. The molecule has 4 rings (SSSR count). The van der Waals surface area contributed by atoms with Gasteiger partial charge >= 0.3 is 5.97 Å². The van der Waals surface area contributed by atoms with Gasteiger partial charge in [0, 0.05) is 22.0 Å². The highest BCUT2D eigenvalue weighted by molar-refractivity contribution is 6.30. The Bertz CT molecular complexity index is 1070. The molecule has 4 nitrogen and oxygen atoms in total. The van der Waals surface area contributed by atoms with Gasteiger partial charge in [-0.05, 0) is 74.9 Å². The van der Waals surface area contributed by atoms with E-state index in [1.807, 2.05) is 69.3 Å². The van der Waals surface area contributed by atoms with E-state index in [-0.39, 0.29) is 17.9 Å². The molecule has 1 N–H and O–H groups in total. The zero-order chi connectivity index (χ0) is 24.5. The Balaban J connectivity index is 1.92. The zero-order valence-corrected chi connectivity index (χ0v) is 21.5. The summed E-state index contributed by atoms with van der Waals surface area (Å²) in [7, 11) is 0. The topological polar surface area (TPSA) is 62.1 Å². The van der Waals surface area contributed by atoms with Crippen molar-refractivity contribution < 1.29 is 9.53 Å². The number of rotatable bonds is 4. The molecule has 4 atom stereocenters. The molecule has 2 aliphatic rings. The largest absolute Gasteiger partial charge is 0.459 e. The number of carbonyl (C=O) groups excluding carboxylic acids is 1. The van der Waals surface area contributed by atoms with Crippen molar-refractivity contribution in [2.45, 2.75) is 81.9 Å². The Labute approximate surface area is 212 Å². The molecular formula is C28H32Cl2N2O2. The summed E-state index contributed by atoms with van der Waals surface area (Å²) in [6.07, 6.45) is 5.51. The van der Waals surface area contributed by atoms with E-state index in [1.54, 1.807) is 0 Å². The number of nitrogens with zero attached hydrogens (tertiary/aromatic N) is 1. The number of halogens is 2. The number of nitriles is 1. The van der Waals surface area contributed by atoms with Crippen LogP contribution in [0, 0.1) is 17.2 Å². The van der Waals surface area contributed by atoms with Gasteiger partial charge in [-0.25, -0.2) is 0 Å². The van der Waals surface area contributed by atoms with Crippen LogP contribution in [0.15, 0.2) is 48.5 Å². The number of hydrogen-bond acceptors (Lipinski definition) is 4. The van der Waals surface area contributed by atoms with Crippen LogP contribution in [0.3, 0.4) is 0 Å². The maximum absolute atomic E-state index is 13.6. The van der Waals surface area contributed by atoms with Crippen LogP contribution in [-0.2, 0) is 14.9 Å². The Morgan fingerprint density at radius 3 is 2.32 bits per heavy atom. The van der Waals surface area contributed by atoms with Crippen LogP contribution >= 0.6 is 23.2 Å². The van der Waals surface area contributed by atoms with Crippen LogP contribution in [0.4, 0.5) is 0 Å². The quantitative estimate of drug-likeness (QED) is 0.470. The lowest BCUT2D eigenvalue weighted by Crippen LogP contribution is -2.47. The second-order valence-corrected chi connectivity index (χ2v) is 11.4. The first-order valence-corrected chi connectivity index (χ1v) is 12.8. The normalized spacial score (nSPS) is 27.8. The lowest BCUT2D eigenvalue weighted by Gasteiger charge is -2.39. The molecule has 0 aromatic heterocycles. The molecule has 34 heavy (non-hydrogen) atoms. The average Bonchev–Trinajstić information content (AvgIpc) is 3.15. The Morgan fingerprint density at radius 2 is 1.74 bits per heavy atom. The van der Waals surface area contributed by atoms with E-state index in [1.165, 1.54) is 6.42 Å². The van der Waals surface area contributed by atoms with Crippen molar-refractivity contribution in [1.29, 1.82) is 5.26 Å². The molecule has 6 heteroatoms. The van der Waals surface area contributed by atoms with Crippen molar-refractivity contribution in [3.8, 4) is 6.07 Å². The second-order valence-electron chi connectivity index (χ2n) is 10.6. The van der Waals surface area contributed by atoms with Gasteiger partial charge in [0.2, 0.25) is 0 Å². The van der Waals surface area contributed by atoms with Crippen molar-refractivity contribution in [1.82, 2.24) is 5.32 Å². The van der Waals surface area contributed by atoms with Gasteiger partial charge in [-0.1, -0.05) is 66.7 Å². The summed E-state index contributed by atoms with van der Waals surface area (Å²) in [6, 6.07) is 16.9. The van der Waals surface area contributed by atoms with Crippen LogP contribution in [0.1, 0.15) is 69.9 Å². The number of benzene rings is 2. The molecule has 0 spiro atoms. The number of ether oxygens (including phenoxy) is 1. The standard InChI is InChI=1S/C28H32Cl2N2O2/c1-27(2,3)34-26(33)24-23(19-10-7-11-22(30)16-19)28(17-31,20-12-14-21(29)15-13-20)25(32-24)18-8-5-4-6-9-18/h7,10-16,18,23-25,32H,4-6,8-9H2,1-3H3/t23?,24-,25+,28-/m1/s1. The van der Waals surface area contributed by atoms with Crippen molar-refractivity contribution in [2.75, 3.05) is 0 Å². The van der Waals surface area contributed by atoms with Gasteiger partial charge in [-0.2, -0.15) is 5.26 Å². The van der Waals surface area contributed by atoms with E-state index in [9.17, 15) is 10.1 Å². The zero-order valence-electron chi connectivity index (χ0n) is 20.0. The molecule has 0 amide bonds. The number of nitrogens with one attached hydrogen (secondary N) is 1. The molecule has 2 fully saturated rings. The van der Waals surface area contributed by atoms with E-state index in [0.717, 1.165) is 36.8 Å². The van der Waals surface area contributed by atoms with E-state index < -0.39 is 23.0 Å². The van der Waals surface area contributed by atoms with Gasteiger partial charge in [-0.15, -0.1) is 0 Å². The van der Waals surface area contributed by atoms with Gasteiger partial charge in [0.05, 0.1) is 6.07 Å². The van der Waals surface area contributed by atoms with E-state index in [2.05, 4.69) is 11.4 Å². The van der Waals surface area contributed by atoms with Crippen molar-refractivity contribution in [2.24, 2.45) is 5.92 Å². The third-order valence-electron chi connectivity index (χ3n) is 7.17. The molecule has 1 saturated carbocycles. The fourth-order valence-corrected chi connectivity index (χ4v) is 6.19. The Hall–Kier alpha value is -2.06. The van der Waals surface area contributed by atoms with Crippen LogP contribution in [0.2, 0.25) is 10.0 Å². The molecule has 2 aromatic rings. The molecule has 0 bridgehead atoms. The molecule has 1 aliphatic carbocycles. The van der Waals surface area contributed by atoms with Gasteiger partial charge in [-0.3, -0.25) is 10.1 Å². The summed E-state index contributed by atoms with van der Waals surface area (Å²) in [4.78, 5) is 13.6. The predicted molar refractivity (Wildman–Crippen MR) is 136 cm³/mol. The fourth-order valence-electron chi connectivity index (χ4n) is 5.87. The molecule has 1 saturated heterocycles. The predicted octanol–water partition coefficient (Wildman–Crippen LogP) is 6.80. The summed E-state index contributed by atoms with van der Waals surface area (Å²) in [5.41, 5.74) is 0.0822. The summed E-state index contributed by atoms with van der Waals surface area (Å²) in [5, 5.41) is 15.8. The average molecular weight is 499 g/mol. The first-order valence-electron chi connectivity index (χ1n) is 12.1. The maximum Gasteiger partial charge on any atom is 0.324 e. The Kier molecular flexibility index (Phi) is 7.29. The monoisotopic (exact) mass is 498 g/mol. The fraction of sp³-hybridized carbons (Fsp3) is 0.500.